The van der Waals surface area contributed by atoms with Crippen LogP contribution in [0.25, 0.3) is 0 Å². The summed E-state index contributed by atoms with van der Waals surface area (Å²) in [6.45, 7) is 1.45. The monoisotopic (exact) mass is 159 g/mol. The van der Waals surface area contributed by atoms with Gasteiger partial charge in [-0.25, -0.2) is 0 Å². The molecular formula is C7H13NO3. The Bertz CT molecular complexity index is 145. The van der Waals surface area contributed by atoms with Crippen LogP contribution in [-0.4, -0.2) is 32.3 Å². The summed E-state index contributed by atoms with van der Waals surface area (Å²) in [4.78, 5) is 10.8. The molecule has 0 spiro atoms. The molecule has 0 aliphatic carbocycles. The molecule has 1 aliphatic rings. The fourth-order valence-corrected chi connectivity index (χ4v) is 1.03. The molecular weight excluding hydrogens is 146 g/mol. The van der Waals surface area contributed by atoms with Gasteiger partial charge in [0.05, 0.1) is 20.3 Å². The highest BCUT2D eigenvalue weighted by Crippen LogP contribution is 2.15. The van der Waals surface area contributed by atoms with Crippen LogP contribution in [0.3, 0.4) is 0 Å². The van der Waals surface area contributed by atoms with E-state index in [-0.39, 0.29) is 5.97 Å². The third-order valence-electron chi connectivity index (χ3n) is 1.80. The Labute approximate surface area is 65.7 Å². The van der Waals surface area contributed by atoms with Gasteiger partial charge in [-0.15, -0.1) is 0 Å². The number of hydrogen-bond donors (Lipinski definition) is 1. The molecule has 4 nitrogen and oxygen atoms in total. The maximum atomic E-state index is 10.8. The van der Waals surface area contributed by atoms with E-state index in [1.165, 1.54) is 7.11 Å². The van der Waals surface area contributed by atoms with Crippen LogP contribution in [0, 0.1) is 5.92 Å². The van der Waals surface area contributed by atoms with Crippen LogP contribution in [-0.2, 0) is 14.3 Å². The SMILES string of the molecule is COC(=O)C(N)CC1COC1. The van der Waals surface area contributed by atoms with Crippen molar-refractivity contribution in [2.45, 2.75) is 12.5 Å². The molecule has 0 bridgehead atoms. The Morgan fingerprint density at radius 2 is 2.45 bits per heavy atom. The smallest absolute Gasteiger partial charge is 0.322 e. The second-order valence-electron chi connectivity index (χ2n) is 2.77. The summed E-state index contributed by atoms with van der Waals surface area (Å²) < 4.78 is 9.42. The number of rotatable bonds is 3. The van der Waals surface area contributed by atoms with Crippen molar-refractivity contribution in [1.82, 2.24) is 0 Å². The van der Waals surface area contributed by atoms with Gasteiger partial charge in [0, 0.05) is 5.92 Å². The fraction of sp³-hybridized carbons (Fsp3) is 0.857. The zero-order chi connectivity index (χ0) is 8.27. The van der Waals surface area contributed by atoms with Gasteiger partial charge < -0.3 is 15.2 Å². The van der Waals surface area contributed by atoms with Crippen molar-refractivity contribution in [2.24, 2.45) is 11.7 Å². The first-order valence-corrected chi connectivity index (χ1v) is 3.65. The second kappa shape index (κ2) is 3.69. The van der Waals surface area contributed by atoms with E-state index in [1.807, 2.05) is 0 Å². The van der Waals surface area contributed by atoms with Gasteiger partial charge >= 0.3 is 5.97 Å². The molecule has 1 fully saturated rings. The normalized spacial score (nSPS) is 20.5. The number of ether oxygens (including phenoxy) is 2. The molecule has 0 aromatic heterocycles. The zero-order valence-corrected chi connectivity index (χ0v) is 6.58. The van der Waals surface area contributed by atoms with Crippen LogP contribution < -0.4 is 5.73 Å². The van der Waals surface area contributed by atoms with E-state index in [9.17, 15) is 4.79 Å². The Hall–Kier alpha value is -0.610. The predicted octanol–water partition coefficient (Wildman–Crippen LogP) is -0.477. The highest BCUT2D eigenvalue weighted by atomic mass is 16.5. The number of methoxy groups -OCH3 is 1. The van der Waals surface area contributed by atoms with Gasteiger partial charge in [-0.2, -0.15) is 0 Å². The van der Waals surface area contributed by atoms with Crippen molar-refractivity contribution in [1.29, 1.82) is 0 Å². The molecule has 0 radical (unpaired) electrons. The van der Waals surface area contributed by atoms with Crippen LogP contribution in [0.2, 0.25) is 0 Å². The van der Waals surface area contributed by atoms with E-state index in [0.29, 0.717) is 12.3 Å². The van der Waals surface area contributed by atoms with Gasteiger partial charge in [0.15, 0.2) is 0 Å². The summed E-state index contributed by atoms with van der Waals surface area (Å²) in [5.74, 6) is 0.112. The van der Waals surface area contributed by atoms with Crippen LogP contribution in [0.15, 0.2) is 0 Å². The molecule has 0 aromatic carbocycles. The van der Waals surface area contributed by atoms with Gasteiger partial charge in [-0.3, -0.25) is 4.79 Å². The molecule has 1 heterocycles. The molecule has 11 heavy (non-hydrogen) atoms. The van der Waals surface area contributed by atoms with Crippen LogP contribution >= 0.6 is 0 Å². The number of esters is 1. The number of nitrogens with two attached hydrogens (primary N) is 1. The molecule has 1 atom stereocenters. The third-order valence-corrected chi connectivity index (χ3v) is 1.80. The fourth-order valence-electron chi connectivity index (χ4n) is 1.03. The van der Waals surface area contributed by atoms with E-state index in [1.54, 1.807) is 0 Å². The molecule has 4 heteroatoms. The number of hydrogen-bond acceptors (Lipinski definition) is 4. The molecule has 1 aliphatic heterocycles. The molecule has 64 valence electrons. The lowest BCUT2D eigenvalue weighted by atomic mass is 9.99. The van der Waals surface area contributed by atoms with Gasteiger partial charge in [0.2, 0.25) is 0 Å². The molecule has 0 aromatic rings. The largest absolute Gasteiger partial charge is 0.468 e. The van der Waals surface area contributed by atoms with E-state index < -0.39 is 6.04 Å². The average molecular weight is 159 g/mol. The lowest BCUT2D eigenvalue weighted by Gasteiger charge is -2.27. The van der Waals surface area contributed by atoms with Crippen LogP contribution in [0.1, 0.15) is 6.42 Å². The second-order valence-corrected chi connectivity index (χ2v) is 2.77. The molecule has 1 saturated heterocycles. The minimum atomic E-state index is -0.478. The van der Waals surface area contributed by atoms with Crippen molar-refractivity contribution < 1.29 is 14.3 Å². The maximum Gasteiger partial charge on any atom is 0.322 e. The Morgan fingerprint density at radius 3 is 2.82 bits per heavy atom. The van der Waals surface area contributed by atoms with Crippen LogP contribution in [0.4, 0.5) is 0 Å². The minimum Gasteiger partial charge on any atom is -0.468 e. The maximum absolute atomic E-state index is 10.8. The summed E-state index contributed by atoms with van der Waals surface area (Å²) >= 11 is 0. The van der Waals surface area contributed by atoms with Gasteiger partial charge in [0.25, 0.3) is 0 Å². The lowest BCUT2D eigenvalue weighted by molar-refractivity contribution is -0.143. The molecule has 0 amide bonds. The molecule has 2 N–H and O–H groups in total. The van der Waals surface area contributed by atoms with E-state index in [2.05, 4.69) is 4.74 Å². The van der Waals surface area contributed by atoms with E-state index in [4.69, 9.17) is 10.5 Å². The number of carbonyl (C=O) groups is 1. The first-order valence-electron chi connectivity index (χ1n) is 3.65. The minimum absolute atomic E-state index is 0.336. The summed E-state index contributed by atoms with van der Waals surface area (Å²) in [6.07, 6.45) is 0.673. The van der Waals surface area contributed by atoms with Crippen LogP contribution in [0.5, 0.6) is 0 Å². The lowest BCUT2D eigenvalue weighted by Crippen LogP contribution is -2.39. The van der Waals surface area contributed by atoms with Crippen molar-refractivity contribution in [2.75, 3.05) is 20.3 Å². The third kappa shape index (κ3) is 2.17. The highest BCUT2D eigenvalue weighted by Gasteiger charge is 2.24. The standard InChI is InChI=1S/C7H13NO3/c1-10-7(9)6(8)2-5-3-11-4-5/h5-6H,2-4,8H2,1H3. The molecule has 1 unspecified atom stereocenters. The van der Waals surface area contributed by atoms with Crippen molar-refractivity contribution in [3.63, 3.8) is 0 Å². The van der Waals surface area contributed by atoms with Crippen molar-refractivity contribution in [3.05, 3.63) is 0 Å². The average Bonchev–Trinajstić information content (AvgIpc) is 1.94. The van der Waals surface area contributed by atoms with Crippen molar-refractivity contribution >= 4 is 5.97 Å². The summed E-state index contributed by atoms with van der Waals surface area (Å²) in [5, 5.41) is 0. The van der Waals surface area contributed by atoms with E-state index >= 15 is 0 Å². The van der Waals surface area contributed by atoms with Crippen molar-refractivity contribution in [3.8, 4) is 0 Å². The number of carbonyl (C=O) groups excluding carboxylic acids is 1. The zero-order valence-electron chi connectivity index (χ0n) is 6.58. The van der Waals surface area contributed by atoms with E-state index in [0.717, 1.165) is 13.2 Å². The highest BCUT2D eigenvalue weighted by molar-refractivity contribution is 5.75. The quantitative estimate of drug-likeness (QED) is 0.565. The first-order chi connectivity index (χ1) is 5.24. The molecule has 1 rings (SSSR count). The topological polar surface area (TPSA) is 61.5 Å². The summed E-state index contributed by atoms with van der Waals surface area (Å²) in [5.41, 5.74) is 5.51. The Kier molecular flexibility index (Phi) is 2.84. The Balaban J connectivity index is 2.18. The van der Waals surface area contributed by atoms with Gasteiger partial charge in [-0.1, -0.05) is 0 Å². The molecule has 0 saturated carbocycles. The first kappa shape index (κ1) is 8.49. The summed E-state index contributed by atoms with van der Waals surface area (Å²) in [6, 6.07) is -0.478. The van der Waals surface area contributed by atoms with Gasteiger partial charge in [-0.05, 0) is 6.42 Å². The summed E-state index contributed by atoms with van der Waals surface area (Å²) in [7, 11) is 1.35. The predicted molar refractivity (Wildman–Crippen MR) is 38.9 cm³/mol. The Morgan fingerprint density at radius 1 is 1.82 bits per heavy atom. The van der Waals surface area contributed by atoms with Gasteiger partial charge in [0.1, 0.15) is 6.04 Å².